The van der Waals surface area contributed by atoms with E-state index in [-0.39, 0.29) is 30.6 Å². The summed E-state index contributed by atoms with van der Waals surface area (Å²) in [7, 11) is 0. The largest absolute Gasteiger partial charge is 0.444 e. The van der Waals surface area contributed by atoms with E-state index in [1.54, 1.807) is 4.90 Å². The molecular weight excluding hydrogens is 410 g/mol. The van der Waals surface area contributed by atoms with Crippen molar-refractivity contribution in [1.29, 1.82) is 0 Å². The van der Waals surface area contributed by atoms with Gasteiger partial charge in [-0.15, -0.1) is 0 Å². The van der Waals surface area contributed by atoms with Gasteiger partial charge in [0.2, 0.25) is 0 Å². The lowest BCUT2D eigenvalue weighted by Crippen LogP contribution is -2.63. The molecule has 1 aromatic carbocycles. The van der Waals surface area contributed by atoms with Crippen molar-refractivity contribution in [2.75, 3.05) is 46.0 Å². The SMILES string of the molecule is C[C@@H]1CN(Cc2ccccc2)[C@@H](CN2CCOC[C@H]2C(=O)CO)CN1C(=O)OC(C)(C)C. The Morgan fingerprint density at radius 2 is 1.88 bits per heavy atom. The normalized spacial score (nSPS) is 25.5. The molecule has 1 N–H and O–H groups in total. The maximum atomic E-state index is 12.9. The van der Waals surface area contributed by atoms with Crippen LogP contribution in [0.1, 0.15) is 33.3 Å². The fourth-order valence-corrected chi connectivity index (χ4v) is 4.40. The number of nitrogens with zero attached hydrogens (tertiary/aromatic N) is 3. The Balaban J connectivity index is 1.80. The fourth-order valence-electron chi connectivity index (χ4n) is 4.40. The zero-order valence-corrected chi connectivity index (χ0v) is 19.7. The van der Waals surface area contributed by atoms with Crippen molar-refractivity contribution in [1.82, 2.24) is 14.7 Å². The van der Waals surface area contributed by atoms with Crippen LogP contribution < -0.4 is 0 Å². The predicted molar refractivity (Wildman–Crippen MR) is 121 cm³/mol. The number of benzene rings is 1. The van der Waals surface area contributed by atoms with Gasteiger partial charge in [-0.3, -0.25) is 14.6 Å². The van der Waals surface area contributed by atoms with Crippen LogP contribution in [0.5, 0.6) is 0 Å². The molecule has 1 amide bonds. The minimum absolute atomic E-state index is 0.00405. The van der Waals surface area contributed by atoms with Crippen LogP contribution >= 0.6 is 0 Å². The topological polar surface area (TPSA) is 82.6 Å². The minimum atomic E-state index is -0.559. The molecule has 2 aliphatic rings. The number of ketones is 1. The van der Waals surface area contributed by atoms with Crippen molar-refractivity contribution in [2.45, 2.75) is 58.0 Å². The van der Waals surface area contributed by atoms with Gasteiger partial charge in [0.1, 0.15) is 12.2 Å². The van der Waals surface area contributed by atoms with Gasteiger partial charge in [0.05, 0.1) is 19.3 Å². The molecule has 2 aliphatic heterocycles. The molecule has 3 atom stereocenters. The number of hydrogen-bond donors (Lipinski definition) is 1. The summed E-state index contributed by atoms with van der Waals surface area (Å²) in [5.41, 5.74) is 0.649. The number of rotatable bonds is 6. The lowest BCUT2D eigenvalue weighted by molar-refractivity contribution is -0.134. The van der Waals surface area contributed by atoms with E-state index >= 15 is 0 Å². The summed E-state index contributed by atoms with van der Waals surface area (Å²) in [6, 6.07) is 9.84. The van der Waals surface area contributed by atoms with Crippen LogP contribution in [0, 0.1) is 0 Å². The van der Waals surface area contributed by atoms with Crippen molar-refractivity contribution < 1.29 is 24.2 Å². The summed E-state index contributed by atoms with van der Waals surface area (Å²) >= 11 is 0. The van der Waals surface area contributed by atoms with Gasteiger partial charge < -0.3 is 19.5 Å². The number of ether oxygens (including phenoxy) is 2. The van der Waals surface area contributed by atoms with E-state index in [9.17, 15) is 14.7 Å². The highest BCUT2D eigenvalue weighted by Gasteiger charge is 2.39. The van der Waals surface area contributed by atoms with E-state index in [1.165, 1.54) is 5.56 Å². The lowest BCUT2D eigenvalue weighted by Gasteiger charge is -2.47. The van der Waals surface area contributed by atoms with Crippen molar-refractivity contribution in [3.8, 4) is 0 Å². The molecular formula is C24H37N3O5. The first-order chi connectivity index (χ1) is 15.2. The second-order valence-electron chi connectivity index (χ2n) is 9.76. The van der Waals surface area contributed by atoms with Gasteiger partial charge in [0.25, 0.3) is 0 Å². The van der Waals surface area contributed by atoms with Crippen molar-refractivity contribution in [3.05, 3.63) is 35.9 Å². The molecule has 0 aromatic heterocycles. The number of carbonyl (C=O) groups is 2. The zero-order valence-electron chi connectivity index (χ0n) is 19.7. The second-order valence-corrected chi connectivity index (χ2v) is 9.76. The quantitative estimate of drug-likeness (QED) is 0.712. The number of Topliss-reactive ketones (excluding diaryl/α,β-unsaturated/α-hetero) is 1. The summed E-state index contributed by atoms with van der Waals surface area (Å²) in [6.07, 6.45) is -0.306. The molecule has 2 fully saturated rings. The Morgan fingerprint density at radius 1 is 1.16 bits per heavy atom. The van der Waals surface area contributed by atoms with Gasteiger partial charge >= 0.3 is 6.09 Å². The summed E-state index contributed by atoms with van der Waals surface area (Å²) in [5.74, 6) is -0.229. The lowest BCUT2D eigenvalue weighted by atomic mass is 10.0. The number of hydrogen-bond acceptors (Lipinski definition) is 7. The van der Waals surface area contributed by atoms with Crippen LogP contribution in [0.3, 0.4) is 0 Å². The molecule has 0 spiro atoms. The minimum Gasteiger partial charge on any atom is -0.444 e. The number of carbonyl (C=O) groups excluding carboxylic acids is 2. The average molecular weight is 448 g/mol. The predicted octanol–water partition coefficient (Wildman–Crippen LogP) is 1.76. The van der Waals surface area contributed by atoms with Crippen molar-refractivity contribution in [2.24, 2.45) is 0 Å². The Kier molecular flexibility index (Phi) is 8.27. The number of aliphatic hydroxyl groups excluding tert-OH is 1. The Hall–Kier alpha value is -2.00. The molecule has 0 unspecified atom stereocenters. The van der Waals surface area contributed by atoms with Crippen LogP contribution in [0.4, 0.5) is 4.79 Å². The average Bonchev–Trinajstić information content (AvgIpc) is 2.74. The summed E-state index contributed by atoms with van der Waals surface area (Å²) in [5, 5.41) is 9.40. The number of morpholine rings is 1. The van der Waals surface area contributed by atoms with E-state index < -0.39 is 18.2 Å². The monoisotopic (exact) mass is 447 g/mol. The molecule has 0 saturated carbocycles. The third kappa shape index (κ3) is 6.51. The molecule has 178 valence electrons. The summed E-state index contributed by atoms with van der Waals surface area (Å²) in [6.45, 7) is 11.2. The first-order valence-electron chi connectivity index (χ1n) is 11.4. The van der Waals surface area contributed by atoms with Crippen molar-refractivity contribution >= 4 is 11.9 Å². The smallest absolute Gasteiger partial charge is 0.410 e. The molecule has 2 saturated heterocycles. The van der Waals surface area contributed by atoms with Crippen molar-refractivity contribution in [3.63, 3.8) is 0 Å². The number of amides is 1. The van der Waals surface area contributed by atoms with Gasteiger partial charge in [0.15, 0.2) is 5.78 Å². The molecule has 8 heteroatoms. The maximum Gasteiger partial charge on any atom is 0.410 e. The standard InChI is InChI=1S/C24H37N3O5/c1-18-12-26(13-19-8-6-5-7-9-19)20(15-27(18)23(30)32-24(2,3)4)14-25-10-11-31-17-21(25)22(29)16-28/h5-9,18,20-21,28H,10-17H2,1-4H3/t18-,20+,21+/m1/s1. The molecule has 0 bridgehead atoms. The molecule has 32 heavy (non-hydrogen) atoms. The molecule has 0 radical (unpaired) electrons. The summed E-state index contributed by atoms with van der Waals surface area (Å²) in [4.78, 5) is 31.5. The van der Waals surface area contributed by atoms with Gasteiger partial charge in [-0.2, -0.15) is 0 Å². The van der Waals surface area contributed by atoms with Crippen LogP contribution in [0.15, 0.2) is 30.3 Å². The highest BCUT2D eigenvalue weighted by molar-refractivity contribution is 5.85. The molecule has 3 rings (SSSR count). The van der Waals surface area contributed by atoms with E-state index in [2.05, 4.69) is 21.9 Å². The maximum absolute atomic E-state index is 12.9. The molecule has 2 heterocycles. The van der Waals surface area contributed by atoms with E-state index in [4.69, 9.17) is 9.47 Å². The highest BCUT2D eigenvalue weighted by atomic mass is 16.6. The van der Waals surface area contributed by atoms with Gasteiger partial charge in [0, 0.05) is 44.8 Å². The molecule has 1 aromatic rings. The van der Waals surface area contributed by atoms with Gasteiger partial charge in [-0.1, -0.05) is 30.3 Å². The number of piperazine rings is 1. The van der Waals surface area contributed by atoms with E-state index in [0.717, 1.165) is 6.54 Å². The Bertz CT molecular complexity index is 767. The zero-order chi connectivity index (χ0) is 23.3. The van der Waals surface area contributed by atoms with Crippen LogP contribution in [0.2, 0.25) is 0 Å². The number of aliphatic hydroxyl groups is 1. The third-order valence-electron chi connectivity index (χ3n) is 6.02. The van der Waals surface area contributed by atoms with E-state index in [0.29, 0.717) is 32.8 Å². The second kappa shape index (κ2) is 10.7. The first-order valence-corrected chi connectivity index (χ1v) is 11.4. The Labute approximate surface area is 191 Å². The molecule has 8 nitrogen and oxygen atoms in total. The first kappa shape index (κ1) is 24.6. The fraction of sp³-hybridized carbons (Fsp3) is 0.667. The highest BCUT2D eigenvalue weighted by Crippen LogP contribution is 2.23. The van der Waals surface area contributed by atoms with Gasteiger partial charge in [-0.05, 0) is 33.3 Å². The van der Waals surface area contributed by atoms with Crippen LogP contribution in [-0.4, -0.2) is 101 Å². The third-order valence-corrected chi connectivity index (χ3v) is 6.02. The van der Waals surface area contributed by atoms with Crippen LogP contribution in [-0.2, 0) is 20.8 Å². The van der Waals surface area contributed by atoms with E-state index in [1.807, 2.05) is 45.9 Å². The Morgan fingerprint density at radius 3 is 2.53 bits per heavy atom. The molecule has 0 aliphatic carbocycles. The summed E-state index contributed by atoms with van der Waals surface area (Å²) < 4.78 is 11.2. The van der Waals surface area contributed by atoms with Gasteiger partial charge in [-0.25, -0.2) is 4.79 Å². The van der Waals surface area contributed by atoms with Crippen LogP contribution in [0.25, 0.3) is 0 Å².